The Morgan fingerprint density at radius 2 is 2.06 bits per heavy atom. The minimum Gasteiger partial charge on any atom is -0.494 e. The van der Waals surface area contributed by atoms with Crippen LogP contribution in [-0.4, -0.2) is 12.9 Å². The van der Waals surface area contributed by atoms with Crippen molar-refractivity contribution >= 4 is 5.78 Å². The van der Waals surface area contributed by atoms with Gasteiger partial charge in [0.1, 0.15) is 5.76 Å². The Morgan fingerprint density at radius 1 is 1.29 bits per heavy atom. The number of carbonyl (C=O) groups is 1. The van der Waals surface area contributed by atoms with Gasteiger partial charge in [-0.1, -0.05) is 6.07 Å². The molecular weight excluding hydrogens is 223 g/mol. The zero-order valence-corrected chi connectivity index (χ0v) is 9.49. The molecule has 2 rings (SSSR count). The summed E-state index contributed by atoms with van der Waals surface area (Å²) in [7, 11) is 1.36. The predicted molar refractivity (Wildman–Crippen MR) is 59.8 cm³/mol. The third-order valence-electron chi connectivity index (χ3n) is 2.53. The Labute approximate surface area is 97.8 Å². The molecule has 17 heavy (non-hydrogen) atoms. The van der Waals surface area contributed by atoms with Gasteiger partial charge in [-0.3, -0.25) is 4.79 Å². The molecule has 0 radical (unpaired) electrons. The minimum atomic E-state index is -0.652. The van der Waals surface area contributed by atoms with Gasteiger partial charge < -0.3 is 9.15 Å². The standard InChI is InChI=1S/C13H11FO3/c1-8-9(6-7-17-8)13(15)10-4-3-5-11(16-2)12(10)14/h3-7H,1-2H3. The van der Waals surface area contributed by atoms with E-state index in [-0.39, 0.29) is 11.3 Å². The number of benzene rings is 1. The molecule has 2 aromatic rings. The molecule has 0 bridgehead atoms. The number of rotatable bonds is 3. The molecule has 1 aromatic carbocycles. The summed E-state index contributed by atoms with van der Waals surface area (Å²) in [5.74, 6) is -0.539. The van der Waals surface area contributed by atoms with E-state index in [2.05, 4.69) is 0 Å². The Hall–Kier alpha value is -2.10. The van der Waals surface area contributed by atoms with Crippen molar-refractivity contribution in [3.8, 4) is 5.75 Å². The Bertz CT molecular complexity index is 558. The van der Waals surface area contributed by atoms with E-state index in [0.29, 0.717) is 11.3 Å². The van der Waals surface area contributed by atoms with Gasteiger partial charge in [0.2, 0.25) is 0 Å². The SMILES string of the molecule is COc1cccc(C(=O)c2ccoc2C)c1F. The highest BCUT2D eigenvalue weighted by atomic mass is 19.1. The van der Waals surface area contributed by atoms with E-state index in [4.69, 9.17) is 9.15 Å². The number of furan rings is 1. The maximum atomic E-state index is 13.9. The first-order valence-electron chi connectivity index (χ1n) is 5.06. The van der Waals surface area contributed by atoms with Gasteiger partial charge in [0, 0.05) is 0 Å². The lowest BCUT2D eigenvalue weighted by Gasteiger charge is -2.05. The molecular formula is C13H11FO3. The fourth-order valence-corrected chi connectivity index (χ4v) is 1.61. The van der Waals surface area contributed by atoms with E-state index in [0.717, 1.165) is 0 Å². The number of methoxy groups -OCH3 is 1. The van der Waals surface area contributed by atoms with Crippen LogP contribution in [0.15, 0.2) is 34.9 Å². The van der Waals surface area contributed by atoms with Crippen LogP contribution in [0.25, 0.3) is 0 Å². The lowest BCUT2D eigenvalue weighted by molar-refractivity contribution is 0.103. The second-order valence-electron chi connectivity index (χ2n) is 3.54. The molecule has 88 valence electrons. The molecule has 0 saturated heterocycles. The molecule has 0 aliphatic heterocycles. The number of carbonyl (C=O) groups excluding carboxylic acids is 1. The molecule has 0 spiro atoms. The number of hydrogen-bond acceptors (Lipinski definition) is 3. The number of hydrogen-bond donors (Lipinski definition) is 0. The number of ether oxygens (including phenoxy) is 1. The highest BCUT2D eigenvalue weighted by Crippen LogP contribution is 2.23. The fraction of sp³-hybridized carbons (Fsp3) is 0.154. The normalized spacial score (nSPS) is 10.3. The maximum Gasteiger partial charge on any atom is 0.199 e. The van der Waals surface area contributed by atoms with E-state index in [9.17, 15) is 9.18 Å². The van der Waals surface area contributed by atoms with Crippen LogP contribution in [0.5, 0.6) is 5.75 Å². The quantitative estimate of drug-likeness (QED) is 0.766. The van der Waals surface area contributed by atoms with Gasteiger partial charge in [-0.15, -0.1) is 0 Å². The van der Waals surface area contributed by atoms with Crippen molar-refractivity contribution in [3.63, 3.8) is 0 Å². The molecule has 4 heteroatoms. The lowest BCUT2D eigenvalue weighted by atomic mass is 10.0. The zero-order valence-electron chi connectivity index (χ0n) is 9.49. The molecule has 0 aliphatic carbocycles. The van der Waals surface area contributed by atoms with E-state index in [1.165, 1.54) is 31.6 Å². The first-order chi connectivity index (χ1) is 8.15. The van der Waals surface area contributed by atoms with Crippen LogP contribution in [0.1, 0.15) is 21.7 Å². The molecule has 0 atom stereocenters. The second-order valence-corrected chi connectivity index (χ2v) is 3.54. The molecule has 0 unspecified atom stereocenters. The molecule has 0 N–H and O–H groups in total. The fourth-order valence-electron chi connectivity index (χ4n) is 1.61. The van der Waals surface area contributed by atoms with Gasteiger partial charge in [0.15, 0.2) is 17.3 Å². The van der Waals surface area contributed by atoms with Crippen LogP contribution in [0.2, 0.25) is 0 Å². The average Bonchev–Trinajstić information content (AvgIpc) is 2.75. The van der Waals surface area contributed by atoms with E-state index >= 15 is 0 Å². The summed E-state index contributed by atoms with van der Waals surface area (Å²) in [6, 6.07) is 5.99. The van der Waals surface area contributed by atoms with Gasteiger partial charge in [0.25, 0.3) is 0 Å². The van der Waals surface area contributed by atoms with Crippen LogP contribution in [0.3, 0.4) is 0 Å². The largest absolute Gasteiger partial charge is 0.494 e. The van der Waals surface area contributed by atoms with Gasteiger partial charge in [0.05, 0.1) is 24.5 Å². The van der Waals surface area contributed by atoms with Gasteiger partial charge >= 0.3 is 0 Å². The van der Waals surface area contributed by atoms with Crippen molar-refractivity contribution in [1.82, 2.24) is 0 Å². The summed E-state index contributed by atoms with van der Waals surface area (Å²) in [6.45, 7) is 1.66. The second kappa shape index (κ2) is 4.41. The van der Waals surface area contributed by atoms with Crippen LogP contribution < -0.4 is 4.74 Å². The summed E-state index contributed by atoms with van der Waals surface area (Å²) >= 11 is 0. The van der Waals surface area contributed by atoms with Gasteiger partial charge in [-0.05, 0) is 25.1 Å². The zero-order chi connectivity index (χ0) is 12.4. The first-order valence-corrected chi connectivity index (χ1v) is 5.06. The Kier molecular flexibility index (Phi) is 2.95. The Balaban J connectivity index is 2.48. The number of aryl methyl sites for hydroxylation is 1. The monoisotopic (exact) mass is 234 g/mol. The first kappa shape index (κ1) is 11.4. The molecule has 0 amide bonds. The van der Waals surface area contributed by atoms with Crippen LogP contribution >= 0.6 is 0 Å². The predicted octanol–water partition coefficient (Wildman–Crippen LogP) is 2.97. The molecule has 0 saturated carbocycles. The van der Waals surface area contributed by atoms with Crippen molar-refractivity contribution in [2.24, 2.45) is 0 Å². The molecule has 1 aromatic heterocycles. The highest BCUT2D eigenvalue weighted by molar-refractivity contribution is 6.09. The smallest absolute Gasteiger partial charge is 0.199 e. The molecule has 3 nitrogen and oxygen atoms in total. The van der Waals surface area contributed by atoms with Crippen molar-refractivity contribution in [2.75, 3.05) is 7.11 Å². The third-order valence-corrected chi connectivity index (χ3v) is 2.53. The number of ketones is 1. The van der Waals surface area contributed by atoms with Crippen LogP contribution in [0, 0.1) is 12.7 Å². The van der Waals surface area contributed by atoms with E-state index in [1.807, 2.05) is 0 Å². The van der Waals surface area contributed by atoms with E-state index in [1.54, 1.807) is 13.0 Å². The van der Waals surface area contributed by atoms with Crippen LogP contribution in [-0.2, 0) is 0 Å². The summed E-state index contributed by atoms with van der Waals surface area (Å²) in [5.41, 5.74) is 0.339. The lowest BCUT2D eigenvalue weighted by Crippen LogP contribution is -2.05. The highest BCUT2D eigenvalue weighted by Gasteiger charge is 2.19. The molecule has 1 heterocycles. The van der Waals surface area contributed by atoms with Gasteiger partial charge in [-0.2, -0.15) is 0 Å². The number of halogens is 1. The average molecular weight is 234 g/mol. The maximum absolute atomic E-state index is 13.9. The summed E-state index contributed by atoms with van der Waals surface area (Å²) in [4.78, 5) is 12.1. The van der Waals surface area contributed by atoms with Crippen molar-refractivity contribution in [1.29, 1.82) is 0 Å². The third kappa shape index (κ3) is 1.93. The molecule has 0 aliphatic rings. The van der Waals surface area contributed by atoms with Crippen molar-refractivity contribution in [3.05, 3.63) is 53.2 Å². The minimum absolute atomic E-state index is 0.0196. The topological polar surface area (TPSA) is 39.4 Å². The van der Waals surface area contributed by atoms with Crippen molar-refractivity contribution < 1.29 is 18.3 Å². The summed E-state index contributed by atoms with van der Waals surface area (Å²) in [6.07, 6.45) is 1.40. The van der Waals surface area contributed by atoms with E-state index < -0.39 is 11.6 Å². The van der Waals surface area contributed by atoms with Gasteiger partial charge in [-0.25, -0.2) is 4.39 Å². The Morgan fingerprint density at radius 3 is 2.65 bits per heavy atom. The summed E-state index contributed by atoms with van der Waals surface area (Å²) < 4.78 is 23.7. The van der Waals surface area contributed by atoms with Crippen LogP contribution in [0.4, 0.5) is 4.39 Å². The van der Waals surface area contributed by atoms with Crippen molar-refractivity contribution in [2.45, 2.75) is 6.92 Å². The summed E-state index contributed by atoms with van der Waals surface area (Å²) in [5, 5.41) is 0. The molecule has 0 fully saturated rings.